The fraction of sp³-hybridized carbons (Fsp3) is 0.455. The molecule has 0 aliphatic carbocycles. The van der Waals surface area contributed by atoms with Crippen molar-refractivity contribution in [3.8, 4) is 0 Å². The lowest BCUT2D eigenvalue weighted by molar-refractivity contribution is 0.0988. The van der Waals surface area contributed by atoms with Crippen LogP contribution < -0.4 is 11.1 Å². The molecule has 5 heteroatoms. The predicted octanol–water partition coefficient (Wildman–Crippen LogP) is 1.89. The van der Waals surface area contributed by atoms with Crippen LogP contribution in [-0.2, 0) is 0 Å². The van der Waals surface area contributed by atoms with Crippen molar-refractivity contribution in [3.05, 3.63) is 22.8 Å². The van der Waals surface area contributed by atoms with Crippen LogP contribution in [0.15, 0.2) is 12.3 Å². The molecule has 0 saturated carbocycles. The summed E-state index contributed by atoms with van der Waals surface area (Å²) in [6.07, 6.45) is 2.40. The SMILES string of the molecule is CCC(C)NCC(=O)c1cc(Cl)cnc1N. The van der Waals surface area contributed by atoms with E-state index in [0.29, 0.717) is 16.6 Å². The second-order valence-electron chi connectivity index (χ2n) is 3.70. The van der Waals surface area contributed by atoms with E-state index >= 15 is 0 Å². The van der Waals surface area contributed by atoms with Crippen LogP contribution in [0.25, 0.3) is 0 Å². The van der Waals surface area contributed by atoms with Crippen LogP contribution in [0, 0.1) is 0 Å². The summed E-state index contributed by atoms with van der Waals surface area (Å²) in [5.74, 6) is 0.133. The first-order valence-electron chi connectivity index (χ1n) is 5.22. The van der Waals surface area contributed by atoms with Gasteiger partial charge in [-0.15, -0.1) is 0 Å². The Morgan fingerprint density at radius 2 is 2.38 bits per heavy atom. The number of anilines is 1. The van der Waals surface area contributed by atoms with E-state index in [-0.39, 0.29) is 18.1 Å². The molecule has 4 nitrogen and oxygen atoms in total. The molecular formula is C11H16ClN3O. The first-order chi connectivity index (χ1) is 7.54. The van der Waals surface area contributed by atoms with Gasteiger partial charge in [0, 0.05) is 12.2 Å². The Bertz CT molecular complexity index is 381. The molecule has 1 aromatic rings. The van der Waals surface area contributed by atoms with E-state index < -0.39 is 0 Å². The number of nitrogens with one attached hydrogen (secondary N) is 1. The Hall–Kier alpha value is -1.13. The van der Waals surface area contributed by atoms with E-state index in [2.05, 4.69) is 17.2 Å². The number of aromatic nitrogens is 1. The van der Waals surface area contributed by atoms with Gasteiger partial charge in [0.05, 0.1) is 17.1 Å². The molecule has 0 amide bonds. The van der Waals surface area contributed by atoms with Crippen LogP contribution in [0.4, 0.5) is 5.82 Å². The molecule has 0 fully saturated rings. The second-order valence-corrected chi connectivity index (χ2v) is 4.14. The van der Waals surface area contributed by atoms with Gasteiger partial charge in [-0.25, -0.2) is 4.98 Å². The number of carbonyl (C=O) groups excluding carboxylic acids is 1. The first kappa shape index (κ1) is 12.9. The Balaban J connectivity index is 2.69. The number of nitrogens with two attached hydrogens (primary N) is 1. The molecule has 0 bridgehead atoms. The van der Waals surface area contributed by atoms with E-state index in [9.17, 15) is 4.79 Å². The fourth-order valence-corrected chi connectivity index (χ4v) is 1.34. The van der Waals surface area contributed by atoms with Crippen molar-refractivity contribution < 1.29 is 4.79 Å². The number of hydrogen-bond donors (Lipinski definition) is 2. The van der Waals surface area contributed by atoms with E-state index in [1.54, 1.807) is 6.07 Å². The maximum absolute atomic E-state index is 11.8. The van der Waals surface area contributed by atoms with Crippen molar-refractivity contribution in [1.29, 1.82) is 0 Å². The molecule has 16 heavy (non-hydrogen) atoms. The second kappa shape index (κ2) is 5.82. The number of hydrogen-bond acceptors (Lipinski definition) is 4. The average molecular weight is 242 g/mol. The monoisotopic (exact) mass is 241 g/mol. The van der Waals surface area contributed by atoms with Gasteiger partial charge in [-0.2, -0.15) is 0 Å². The number of ketones is 1. The third-order valence-electron chi connectivity index (χ3n) is 2.41. The molecule has 1 aromatic heterocycles. The topological polar surface area (TPSA) is 68.0 Å². The molecule has 0 saturated heterocycles. The van der Waals surface area contributed by atoms with Crippen molar-refractivity contribution in [2.75, 3.05) is 12.3 Å². The van der Waals surface area contributed by atoms with Gasteiger partial charge in [0.15, 0.2) is 5.78 Å². The summed E-state index contributed by atoms with van der Waals surface area (Å²) in [5, 5.41) is 3.52. The molecule has 0 spiro atoms. The quantitative estimate of drug-likeness (QED) is 0.773. The zero-order valence-corrected chi connectivity index (χ0v) is 10.2. The highest BCUT2D eigenvalue weighted by Gasteiger charge is 2.12. The summed E-state index contributed by atoms with van der Waals surface area (Å²) in [5.41, 5.74) is 5.99. The Morgan fingerprint density at radius 3 is 3.00 bits per heavy atom. The van der Waals surface area contributed by atoms with Crippen LogP contribution >= 0.6 is 11.6 Å². The van der Waals surface area contributed by atoms with Crippen LogP contribution in [0.5, 0.6) is 0 Å². The van der Waals surface area contributed by atoms with Gasteiger partial charge in [-0.3, -0.25) is 4.79 Å². The summed E-state index contributed by atoms with van der Waals surface area (Å²) in [4.78, 5) is 15.6. The lowest BCUT2D eigenvalue weighted by atomic mass is 10.1. The van der Waals surface area contributed by atoms with Crippen LogP contribution in [0.3, 0.4) is 0 Å². The van der Waals surface area contributed by atoms with Gasteiger partial charge in [0.1, 0.15) is 5.82 Å². The molecular weight excluding hydrogens is 226 g/mol. The standard InChI is InChI=1S/C11H16ClN3O/c1-3-7(2)14-6-10(16)9-4-8(12)5-15-11(9)13/h4-5,7,14H,3,6H2,1-2H3,(H2,13,15). The van der Waals surface area contributed by atoms with Gasteiger partial charge >= 0.3 is 0 Å². The smallest absolute Gasteiger partial charge is 0.180 e. The number of carbonyl (C=O) groups is 1. The van der Waals surface area contributed by atoms with Crippen LogP contribution in [-0.4, -0.2) is 23.4 Å². The zero-order chi connectivity index (χ0) is 12.1. The number of nitrogens with zero attached hydrogens (tertiary/aromatic N) is 1. The van der Waals surface area contributed by atoms with Crippen molar-refractivity contribution in [1.82, 2.24) is 10.3 Å². The highest BCUT2D eigenvalue weighted by Crippen LogP contribution is 2.15. The molecule has 88 valence electrons. The molecule has 1 unspecified atom stereocenters. The number of Topliss-reactive ketones (excluding diaryl/α,β-unsaturated/α-hetero) is 1. The molecule has 0 aliphatic rings. The molecule has 1 atom stereocenters. The summed E-state index contributed by atoms with van der Waals surface area (Å²) in [6, 6.07) is 1.85. The predicted molar refractivity (Wildman–Crippen MR) is 65.7 cm³/mol. The van der Waals surface area contributed by atoms with E-state index in [1.165, 1.54) is 6.20 Å². The molecule has 0 radical (unpaired) electrons. The largest absolute Gasteiger partial charge is 0.383 e. The van der Waals surface area contributed by atoms with E-state index in [4.69, 9.17) is 17.3 Å². The van der Waals surface area contributed by atoms with E-state index in [0.717, 1.165) is 6.42 Å². The van der Waals surface area contributed by atoms with Crippen molar-refractivity contribution in [3.63, 3.8) is 0 Å². The van der Waals surface area contributed by atoms with Crippen molar-refractivity contribution >= 4 is 23.2 Å². The third kappa shape index (κ3) is 3.47. The Morgan fingerprint density at radius 1 is 1.69 bits per heavy atom. The molecule has 1 rings (SSSR count). The lowest BCUT2D eigenvalue weighted by Crippen LogP contribution is -2.31. The minimum absolute atomic E-state index is 0.0900. The van der Waals surface area contributed by atoms with Crippen molar-refractivity contribution in [2.24, 2.45) is 0 Å². The summed E-state index contributed by atoms with van der Waals surface area (Å²) in [6.45, 7) is 4.32. The van der Waals surface area contributed by atoms with Gasteiger partial charge in [0.2, 0.25) is 0 Å². The maximum Gasteiger partial charge on any atom is 0.180 e. The number of rotatable bonds is 5. The maximum atomic E-state index is 11.8. The summed E-state index contributed by atoms with van der Waals surface area (Å²) in [7, 11) is 0. The fourth-order valence-electron chi connectivity index (χ4n) is 1.18. The highest BCUT2D eigenvalue weighted by molar-refractivity contribution is 6.31. The number of nitrogen functional groups attached to an aromatic ring is 1. The molecule has 1 heterocycles. The average Bonchev–Trinajstić information content (AvgIpc) is 2.28. The first-order valence-corrected chi connectivity index (χ1v) is 5.60. The van der Waals surface area contributed by atoms with Crippen LogP contribution in [0.2, 0.25) is 5.02 Å². The van der Waals surface area contributed by atoms with Gasteiger partial charge in [0.25, 0.3) is 0 Å². The molecule has 3 N–H and O–H groups in total. The summed E-state index contributed by atoms with van der Waals surface area (Å²) < 4.78 is 0. The minimum atomic E-state index is -0.0900. The molecule has 0 aliphatic heterocycles. The third-order valence-corrected chi connectivity index (χ3v) is 2.62. The summed E-state index contributed by atoms with van der Waals surface area (Å²) >= 11 is 5.76. The van der Waals surface area contributed by atoms with Gasteiger partial charge < -0.3 is 11.1 Å². The zero-order valence-electron chi connectivity index (χ0n) is 9.46. The Labute approximate surface area is 100 Å². The lowest BCUT2D eigenvalue weighted by Gasteiger charge is -2.11. The minimum Gasteiger partial charge on any atom is -0.383 e. The van der Waals surface area contributed by atoms with E-state index in [1.807, 2.05) is 6.92 Å². The number of halogens is 1. The number of pyridine rings is 1. The van der Waals surface area contributed by atoms with Gasteiger partial charge in [-0.1, -0.05) is 18.5 Å². The van der Waals surface area contributed by atoms with Gasteiger partial charge in [-0.05, 0) is 19.4 Å². The van der Waals surface area contributed by atoms with Crippen molar-refractivity contribution in [2.45, 2.75) is 26.3 Å². The van der Waals surface area contributed by atoms with Crippen LogP contribution in [0.1, 0.15) is 30.6 Å². The highest BCUT2D eigenvalue weighted by atomic mass is 35.5. The molecule has 0 aromatic carbocycles. The normalized spacial score (nSPS) is 12.4. The Kier molecular flexibility index (Phi) is 4.71.